The van der Waals surface area contributed by atoms with E-state index in [2.05, 4.69) is 22.9 Å². The lowest BCUT2D eigenvalue weighted by molar-refractivity contribution is -0.212. The van der Waals surface area contributed by atoms with Gasteiger partial charge in [0.1, 0.15) is 0 Å². The molecular weight excluding hydrogens is 244 g/mol. The first-order valence-electron chi connectivity index (χ1n) is 4.78. The molecule has 2 atom stereocenters. The van der Waals surface area contributed by atoms with Crippen molar-refractivity contribution in [3.05, 3.63) is 34.3 Å². The quantitative estimate of drug-likeness (QED) is 0.768. The molecule has 1 aromatic carbocycles. The lowest BCUT2D eigenvalue weighted by atomic mass is 10.2. The Kier molecular flexibility index (Phi) is 3.21. The first-order valence-corrected chi connectivity index (χ1v) is 5.57. The average molecular weight is 257 g/mol. The predicted molar refractivity (Wildman–Crippen MR) is 58.0 cm³/mol. The van der Waals surface area contributed by atoms with Gasteiger partial charge in [0, 0.05) is 10.0 Å². The fraction of sp³-hybridized carbons (Fsp3) is 0.455. The number of hydrogen-bond donors (Lipinski definition) is 0. The summed E-state index contributed by atoms with van der Waals surface area (Å²) in [6.45, 7) is 2.86. The monoisotopic (exact) mass is 256 g/mol. The van der Waals surface area contributed by atoms with Gasteiger partial charge in [-0.05, 0) is 25.5 Å². The largest absolute Gasteiger partial charge is 0.348 e. The van der Waals surface area contributed by atoms with Crippen molar-refractivity contribution >= 4 is 15.9 Å². The molecule has 1 fully saturated rings. The summed E-state index contributed by atoms with van der Waals surface area (Å²) < 4.78 is 12.3. The minimum atomic E-state index is -0.188. The molecule has 0 amide bonds. The Labute approximate surface area is 92.3 Å². The highest BCUT2D eigenvalue weighted by Gasteiger charge is 2.20. The van der Waals surface area contributed by atoms with E-state index in [4.69, 9.17) is 9.47 Å². The molecule has 3 heteroatoms. The highest BCUT2D eigenvalue weighted by molar-refractivity contribution is 9.10. The zero-order valence-electron chi connectivity index (χ0n) is 8.07. The first kappa shape index (κ1) is 10.1. The van der Waals surface area contributed by atoms with Gasteiger partial charge in [-0.2, -0.15) is 0 Å². The highest BCUT2D eigenvalue weighted by atomic mass is 79.9. The molecule has 0 saturated carbocycles. The molecule has 76 valence electrons. The predicted octanol–water partition coefficient (Wildman–Crippen LogP) is 3.27. The molecule has 2 rings (SSSR count). The molecule has 0 unspecified atom stereocenters. The Hall–Kier alpha value is -0.380. The minimum Gasteiger partial charge on any atom is -0.348 e. The second kappa shape index (κ2) is 4.43. The third kappa shape index (κ3) is 2.35. The number of halogens is 1. The third-order valence-electron chi connectivity index (χ3n) is 2.29. The van der Waals surface area contributed by atoms with Crippen LogP contribution in [0.2, 0.25) is 0 Å². The van der Waals surface area contributed by atoms with Crippen LogP contribution in [0.5, 0.6) is 0 Å². The smallest absolute Gasteiger partial charge is 0.184 e. The maximum atomic E-state index is 5.67. The zero-order chi connectivity index (χ0) is 9.97. The van der Waals surface area contributed by atoms with Crippen molar-refractivity contribution in [3.8, 4) is 0 Å². The number of benzene rings is 1. The van der Waals surface area contributed by atoms with Crippen LogP contribution in [0.1, 0.15) is 25.2 Å². The fourth-order valence-electron chi connectivity index (χ4n) is 1.45. The van der Waals surface area contributed by atoms with E-state index in [1.165, 1.54) is 0 Å². The zero-order valence-corrected chi connectivity index (χ0v) is 9.66. The molecule has 0 radical (unpaired) electrons. The Morgan fingerprint density at radius 1 is 1.29 bits per heavy atom. The van der Waals surface area contributed by atoms with E-state index in [0.717, 1.165) is 23.1 Å². The van der Waals surface area contributed by atoms with Gasteiger partial charge in [0.25, 0.3) is 0 Å². The average Bonchev–Trinajstić information content (AvgIpc) is 2.19. The molecule has 2 nitrogen and oxygen atoms in total. The lowest BCUT2D eigenvalue weighted by Gasteiger charge is -2.28. The van der Waals surface area contributed by atoms with E-state index in [1.807, 2.05) is 24.3 Å². The van der Waals surface area contributed by atoms with Gasteiger partial charge in [0.05, 0.1) is 12.7 Å². The van der Waals surface area contributed by atoms with Crippen molar-refractivity contribution in [1.29, 1.82) is 0 Å². The normalized spacial score (nSPS) is 27.6. The van der Waals surface area contributed by atoms with Crippen LogP contribution in [0, 0.1) is 0 Å². The van der Waals surface area contributed by atoms with Crippen LogP contribution in [-0.4, -0.2) is 12.7 Å². The van der Waals surface area contributed by atoms with Crippen molar-refractivity contribution in [2.24, 2.45) is 0 Å². The van der Waals surface area contributed by atoms with Gasteiger partial charge in [0.2, 0.25) is 0 Å². The summed E-state index contributed by atoms with van der Waals surface area (Å²) in [5.74, 6) is 0. The second-order valence-electron chi connectivity index (χ2n) is 3.49. The molecule has 1 aromatic rings. The second-order valence-corrected chi connectivity index (χ2v) is 4.41. The van der Waals surface area contributed by atoms with Crippen molar-refractivity contribution in [2.75, 3.05) is 6.61 Å². The molecule has 1 aliphatic rings. The molecule has 0 N–H and O–H groups in total. The van der Waals surface area contributed by atoms with Crippen LogP contribution in [0.4, 0.5) is 0 Å². The molecule has 1 aliphatic heterocycles. The van der Waals surface area contributed by atoms with Gasteiger partial charge in [0.15, 0.2) is 6.29 Å². The lowest BCUT2D eigenvalue weighted by Crippen LogP contribution is -2.24. The SMILES string of the molecule is C[C@H]1CCO[C@H](c2ccc(Br)cc2)O1. The molecule has 0 spiro atoms. The Morgan fingerprint density at radius 2 is 2.00 bits per heavy atom. The number of hydrogen-bond acceptors (Lipinski definition) is 2. The van der Waals surface area contributed by atoms with Crippen molar-refractivity contribution in [3.63, 3.8) is 0 Å². The molecular formula is C11H13BrO2. The standard InChI is InChI=1S/C11H13BrO2/c1-8-6-7-13-11(14-8)9-2-4-10(12)5-3-9/h2-5,8,11H,6-7H2,1H3/t8-,11-/m0/s1. The summed E-state index contributed by atoms with van der Waals surface area (Å²) in [4.78, 5) is 0. The van der Waals surface area contributed by atoms with E-state index in [9.17, 15) is 0 Å². The van der Waals surface area contributed by atoms with Crippen molar-refractivity contribution in [2.45, 2.75) is 25.7 Å². The van der Waals surface area contributed by atoms with Gasteiger partial charge in [-0.1, -0.05) is 28.1 Å². The maximum Gasteiger partial charge on any atom is 0.184 e. The van der Waals surface area contributed by atoms with Gasteiger partial charge in [-0.3, -0.25) is 0 Å². The minimum absolute atomic E-state index is 0.188. The molecule has 0 aliphatic carbocycles. The summed E-state index contributed by atoms with van der Waals surface area (Å²) in [5.41, 5.74) is 1.08. The van der Waals surface area contributed by atoms with Crippen LogP contribution in [-0.2, 0) is 9.47 Å². The van der Waals surface area contributed by atoms with Crippen molar-refractivity contribution in [1.82, 2.24) is 0 Å². The molecule has 1 heterocycles. The third-order valence-corrected chi connectivity index (χ3v) is 2.82. The molecule has 0 bridgehead atoms. The fourth-order valence-corrected chi connectivity index (χ4v) is 1.72. The van der Waals surface area contributed by atoms with E-state index in [1.54, 1.807) is 0 Å². The Bertz CT molecular complexity index is 297. The summed E-state index contributed by atoms with van der Waals surface area (Å²) in [6, 6.07) is 8.04. The van der Waals surface area contributed by atoms with E-state index in [0.29, 0.717) is 0 Å². The number of rotatable bonds is 1. The van der Waals surface area contributed by atoms with Crippen LogP contribution in [0.3, 0.4) is 0 Å². The molecule has 14 heavy (non-hydrogen) atoms. The Balaban J connectivity index is 2.10. The maximum absolute atomic E-state index is 5.67. The van der Waals surface area contributed by atoms with Crippen LogP contribution in [0.15, 0.2) is 28.7 Å². The van der Waals surface area contributed by atoms with Crippen molar-refractivity contribution < 1.29 is 9.47 Å². The highest BCUT2D eigenvalue weighted by Crippen LogP contribution is 2.26. The van der Waals surface area contributed by atoms with Gasteiger partial charge in [-0.15, -0.1) is 0 Å². The van der Waals surface area contributed by atoms with Crippen LogP contribution in [0.25, 0.3) is 0 Å². The van der Waals surface area contributed by atoms with E-state index >= 15 is 0 Å². The Morgan fingerprint density at radius 3 is 2.64 bits per heavy atom. The first-order chi connectivity index (χ1) is 6.75. The molecule has 1 saturated heterocycles. The topological polar surface area (TPSA) is 18.5 Å². The van der Waals surface area contributed by atoms with Crippen LogP contribution < -0.4 is 0 Å². The van der Waals surface area contributed by atoms with Crippen LogP contribution >= 0.6 is 15.9 Å². The van der Waals surface area contributed by atoms with E-state index in [-0.39, 0.29) is 12.4 Å². The van der Waals surface area contributed by atoms with E-state index < -0.39 is 0 Å². The van der Waals surface area contributed by atoms with Gasteiger partial charge < -0.3 is 9.47 Å². The van der Waals surface area contributed by atoms with Gasteiger partial charge in [-0.25, -0.2) is 0 Å². The van der Waals surface area contributed by atoms with Gasteiger partial charge >= 0.3 is 0 Å². The molecule has 0 aromatic heterocycles. The summed E-state index contributed by atoms with van der Waals surface area (Å²) in [6.07, 6.45) is 1.08. The summed E-state index contributed by atoms with van der Waals surface area (Å²) in [7, 11) is 0. The summed E-state index contributed by atoms with van der Waals surface area (Å²) in [5, 5.41) is 0. The summed E-state index contributed by atoms with van der Waals surface area (Å²) >= 11 is 3.40. The number of ether oxygens (including phenoxy) is 2.